The number of rotatable bonds is 2. The number of aromatic nitrogens is 3. The molecule has 0 spiro atoms. The van der Waals surface area contributed by atoms with Crippen molar-refractivity contribution in [3.05, 3.63) is 24.3 Å². The zero-order valence-corrected chi connectivity index (χ0v) is 12.1. The summed E-state index contributed by atoms with van der Waals surface area (Å²) in [6, 6.07) is 2.61. The lowest BCUT2D eigenvalue weighted by Gasteiger charge is -2.19. The standard InChI is InChI=1S/C15H20ClN3/c1-11-3-2-4-12(6-5-11)19-14-7-8-17-10-13(14)18-15(19)9-16/h7-8,10-12H,2-6,9H2,1H3. The Bertz CT molecular complexity index is 564. The van der Waals surface area contributed by atoms with Gasteiger partial charge < -0.3 is 4.57 Å². The summed E-state index contributed by atoms with van der Waals surface area (Å²) < 4.78 is 2.36. The normalized spacial score (nSPS) is 24.5. The van der Waals surface area contributed by atoms with E-state index in [1.807, 2.05) is 12.4 Å². The maximum atomic E-state index is 6.09. The highest BCUT2D eigenvalue weighted by Crippen LogP contribution is 2.33. The molecule has 2 aromatic heterocycles. The first-order valence-corrected chi connectivity index (χ1v) is 7.70. The van der Waals surface area contributed by atoms with Gasteiger partial charge in [-0.1, -0.05) is 19.8 Å². The number of alkyl halides is 1. The molecule has 1 saturated carbocycles. The lowest BCUT2D eigenvalue weighted by molar-refractivity contribution is 0.433. The van der Waals surface area contributed by atoms with Crippen LogP contribution in [0, 0.1) is 5.92 Å². The maximum absolute atomic E-state index is 6.09. The molecule has 102 valence electrons. The van der Waals surface area contributed by atoms with Crippen molar-refractivity contribution in [3.63, 3.8) is 0 Å². The van der Waals surface area contributed by atoms with Gasteiger partial charge >= 0.3 is 0 Å². The Hall–Kier alpha value is -1.09. The van der Waals surface area contributed by atoms with Crippen molar-refractivity contribution < 1.29 is 0 Å². The third-order valence-corrected chi connectivity index (χ3v) is 4.52. The molecule has 2 unspecified atom stereocenters. The first-order valence-electron chi connectivity index (χ1n) is 7.16. The van der Waals surface area contributed by atoms with Crippen molar-refractivity contribution in [2.24, 2.45) is 5.92 Å². The van der Waals surface area contributed by atoms with Gasteiger partial charge in [-0.25, -0.2) is 4.98 Å². The number of hydrogen-bond donors (Lipinski definition) is 0. The second-order valence-corrected chi connectivity index (χ2v) is 5.93. The third-order valence-electron chi connectivity index (χ3n) is 4.28. The predicted octanol–water partition coefficient (Wildman–Crippen LogP) is 4.31. The van der Waals surface area contributed by atoms with Crippen LogP contribution >= 0.6 is 11.6 Å². The molecule has 1 aliphatic carbocycles. The first kappa shape index (κ1) is 12.9. The van der Waals surface area contributed by atoms with Crippen molar-refractivity contribution in [2.75, 3.05) is 0 Å². The van der Waals surface area contributed by atoms with Crippen molar-refractivity contribution in [1.82, 2.24) is 14.5 Å². The fourth-order valence-corrected chi connectivity index (χ4v) is 3.42. The van der Waals surface area contributed by atoms with Gasteiger partial charge in [-0.05, 0) is 31.2 Å². The fourth-order valence-electron chi connectivity index (χ4n) is 3.23. The van der Waals surface area contributed by atoms with E-state index in [1.165, 1.54) is 37.6 Å². The monoisotopic (exact) mass is 277 g/mol. The summed E-state index contributed by atoms with van der Waals surface area (Å²) in [6.07, 6.45) is 10.1. The minimum atomic E-state index is 0.473. The number of pyridine rings is 1. The van der Waals surface area contributed by atoms with E-state index < -0.39 is 0 Å². The Labute approximate surface area is 119 Å². The Balaban J connectivity index is 2.02. The van der Waals surface area contributed by atoms with Crippen LogP contribution in [0.3, 0.4) is 0 Å². The summed E-state index contributed by atoms with van der Waals surface area (Å²) in [6.45, 7) is 2.36. The zero-order valence-electron chi connectivity index (χ0n) is 11.3. The number of fused-ring (bicyclic) bond motifs is 1. The smallest absolute Gasteiger partial charge is 0.125 e. The quantitative estimate of drug-likeness (QED) is 0.605. The molecule has 2 heterocycles. The Morgan fingerprint density at radius 2 is 2.21 bits per heavy atom. The van der Waals surface area contributed by atoms with Gasteiger partial charge in [-0.3, -0.25) is 4.98 Å². The van der Waals surface area contributed by atoms with E-state index in [0.29, 0.717) is 11.9 Å². The summed E-state index contributed by atoms with van der Waals surface area (Å²) in [7, 11) is 0. The maximum Gasteiger partial charge on any atom is 0.125 e. The van der Waals surface area contributed by atoms with Crippen LogP contribution in [0.25, 0.3) is 11.0 Å². The summed E-state index contributed by atoms with van der Waals surface area (Å²) in [4.78, 5) is 8.78. The van der Waals surface area contributed by atoms with E-state index in [4.69, 9.17) is 11.6 Å². The van der Waals surface area contributed by atoms with Crippen LogP contribution in [0.2, 0.25) is 0 Å². The molecule has 0 saturated heterocycles. The van der Waals surface area contributed by atoms with Gasteiger partial charge in [0.2, 0.25) is 0 Å². The topological polar surface area (TPSA) is 30.7 Å². The minimum Gasteiger partial charge on any atom is -0.324 e. The number of hydrogen-bond acceptors (Lipinski definition) is 2. The van der Waals surface area contributed by atoms with Crippen LogP contribution in [0.1, 0.15) is 50.9 Å². The number of halogens is 1. The van der Waals surface area contributed by atoms with Crippen molar-refractivity contribution in [1.29, 1.82) is 0 Å². The summed E-state index contributed by atoms with van der Waals surface area (Å²) in [5.41, 5.74) is 2.15. The Morgan fingerprint density at radius 3 is 3.05 bits per heavy atom. The van der Waals surface area contributed by atoms with E-state index >= 15 is 0 Å². The van der Waals surface area contributed by atoms with E-state index in [-0.39, 0.29) is 0 Å². The van der Waals surface area contributed by atoms with Crippen LogP contribution in [0.15, 0.2) is 18.5 Å². The Morgan fingerprint density at radius 1 is 1.32 bits per heavy atom. The molecular formula is C15H20ClN3. The molecule has 1 fully saturated rings. The number of nitrogens with zero attached hydrogens (tertiary/aromatic N) is 3. The largest absolute Gasteiger partial charge is 0.324 e. The van der Waals surface area contributed by atoms with E-state index in [9.17, 15) is 0 Å². The van der Waals surface area contributed by atoms with Gasteiger partial charge in [0.25, 0.3) is 0 Å². The first-order chi connectivity index (χ1) is 9.29. The van der Waals surface area contributed by atoms with Crippen molar-refractivity contribution in [2.45, 2.75) is 50.9 Å². The van der Waals surface area contributed by atoms with Gasteiger partial charge in [-0.15, -0.1) is 11.6 Å². The van der Waals surface area contributed by atoms with Crippen molar-refractivity contribution >= 4 is 22.6 Å². The second-order valence-electron chi connectivity index (χ2n) is 5.66. The molecule has 3 nitrogen and oxygen atoms in total. The highest BCUT2D eigenvalue weighted by molar-refractivity contribution is 6.16. The van der Waals surface area contributed by atoms with Crippen molar-refractivity contribution in [3.8, 4) is 0 Å². The molecule has 1 aliphatic rings. The van der Waals surface area contributed by atoms with Gasteiger partial charge in [-0.2, -0.15) is 0 Å². The third kappa shape index (κ3) is 2.48. The predicted molar refractivity (Wildman–Crippen MR) is 78.4 cm³/mol. The highest BCUT2D eigenvalue weighted by Gasteiger charge is 2.22. The van der Waals surface area contributed by atoms with E-state index in [1.54, 1.807) is 0 Å². The van der Waals surface area contributed by atoms with Gasteiger partial charge in [0.1, 0.15) is 11.3 Å². The van der Waals surface area contributed by atoms with Crippen LogP contribution in [0.4, 0.5) is 0 Å². The lowest BCUT2D eigenvalue weighted by atomic mass is 10.0. The molecule has 3 rings (SSSR count). The van der Waals surface area contributed by atoms with Crippen LogP contribution < -0.4 is 0 Å². The second kappa shape index (κ2) is 5.49. The molecule has 2 aromatic rings. The van der Waals surface area contributed by atoms with Crippen LogP contribution in [-0.4, -0.2) is 14.5 Å². The molecule has 2 atom stereocenters. The van der Waals surface area contributed by atoms with Gasteiger partial charge in [0.15, 0.2) is 0 Å². The summed E-state index contributed by atoms with van der Waals surface area (Å²) in [5.74, 6) is 2.31. The van der Waals surface area contributed by atoms with Gasteiger partial charge in [0.05, 0.1) is 17.6 Å². The molecule has 19 heavy (non-hydrogen) atoms. The molecule has 0 radical (unpaired) electrons. The molecule has 0 aromatic carbocycles. The van der Waals surface area contributed by atoms with E-state index in [2.05, 4.69) is 27.5 Å². The lowest BCUT2D eigenvalue weighted by Crippen LogP contribution is -2.11. The summed E-state index contributed by atoms with van der Waals surface area (Å²) >= 11 is 6.09. The zero-order chi connectivity index (χ0) is 13.2. The highest BCUT2D eigenvalue weighted by atomic mass is 35.5. The SMILES string of the molecule is CC1CCCC(n2c(CCl)nc3cnccc32)CC1. The Kier molecular flexibility index (Phi) is 3.74. The average Bonchev–Trinajstić information content (AvgIpc) is 2.68. The fraction of sp³-hybridized carbons (Fsp3) is 0.600. The molecule has 0 amide bonds. The van der Waals surface area contributed by atoms with Crippen LogP contribution in [-0.2, 0) is 5.88 Å². The van der Waals surface area contributed by atoms with Crippen LogP contribution in [0.5, 0.6) is 0 Å². The molecule has 4 heteroatoms. The molecule has 0 bridgehead atoms. The minimum absolute atomic E-state index is 0.473. The van der Waals surface area contributed by atoms with E-state index in [0.717, 1.165) is 17.3 Å². The number of imidazole rings is 1. The summed E-state index contributed by atoms with van der Waals surface area (Å²) in [5, 5.41) is 0. The molecule has 0 N–H and O–H groups in total. The van der Waals surface area contributed by atoms with Gasteiger partial charge in [0, 0.05) is 12.2 Å². The molecular weight excluding hydrogens is 258 g/mol. The average molecular weight is 278 g/mol. The molecule has 0 aliphatic heterocycles.